The van der Waals surface area contributed by atoms with Crippen LogP contribution in [-0.2, 0) is 4.79 Å². The summed E-state index contributed by atoms with van der Waals surface area (Å²) in [6.07, 6.45) is 3.43. The topological polar surface area (TPSA) is 61.4 Å². The molecule has 0 radical (unpaired) electrons. The van der Waals surface area contributed by atoms with Crippen LogP contribution in [0.4, 0.5) is 0 Å². The minimum absolute atomic E-state index is 0.0923. The summed E-state index contributed by atoms with van der Waals surface area (Å²) in [5.41, 5.74) is -0.775. The smallest absolute Gasteiger partial charge is 0.223 e. The van der Waals surface area contributed by atoms with Crippen molar-refractivity contribution >= 4 is 5.91 Å². The Hall–Kier alpha value is -0.610. The molecule has 17 heavy (non-hydrogen) atoms. The molecule has 0 aromatic heterocycles. The molecule has 1 fully saturated rings. The molecule has 1 aliphatic rings. The lowest BCUT2D eigenvalue weighted by molar-refractivity contribution is -0.127. The highest BCUT2D eigenvalue weighted by Gasteiger charge is 2.26. The lowest BCUT2D eigenvalue weighted by atomic mass is 9.92. The van der Waals surface area contributed by atoms with E-state index in [0.717, 1.165) is 32.2 Å². The molecule has 1 amide bonds. The molecular weight excluding hydrogens is 216 g/mol. The highest BCUT2D eigenvalue weighted by atomic mass is 16.3. The molecule has 4 heteroatoms. The number of amides is 1. The molecule has 3 unspecified atom stereocenters. The molecular formula is C13H26N2O2. The van der Waals surface area contributed by atoms with Gasteiger partial charge in [-0.1, -0.05) is 13.3 Å². The summed E-state index contributed by atoms with van der Waals surface area (Å²) < 4.78 is 0. The molecule has 0 aliphatic carbocycles. The summed E-state index contributed by atoms with van der Waals surface area (Å²) >= 11 is 0. The van der Waals surface area contributed by atoms with Gasteiger partial charge in [0.25, 0.3) is 0 Å². The van der Waals surface area contributed by atoms with Gasteiger partial charge in [-0.3, -0.25) is 4.79 Å². The summed E-state index contributed by atoms with van der Waals surface area (Å²) in [4.78, 5) is 11.9. The van der Waals surface area contributed by atoms with Crippen molar-refractivity contribution in [3.63, 3.8) is 0 Å². The molecule has 0 aromatic carbocycles. The second kappa shape index (κ2) is 6.36. The quantitative estimate of drug-likeness (QED) is 0.675. The van der Waals surface area contributed by atoms with Crippen molar-refractivity contribution in [3.05, 3.63) is 0 Å². The fourth-order valence-corrected chi connectivity index (χ4v) is 2.42. The van der Waals surface area contributed by atoms with Crippen LogP contribution in [0.25, 0.3) is 0 Å². The summed E-state index contributed by atoms with van der Waals surface area (Å²) in [6, 6.07) is 0.413. The van der Waals surface area contributed by atoms with Crippen molar-refractivity contribution in [1.29, 1.82) is 0 Å². The number of carbonyl (C=O) groups excluding carboxylic acids is 1. The van der Waals surface area contributed by atoms with E-state index < -0.39 is 5.60 Å². The summed E-state index contributed by atoms with van der Waals surface area (Å²) in [7, 11) is 0. The summed E-state index contributed by atoms with van der Waals surface area (Å²) in [5.74, 6) is 0.193. The molecule has 1 heterocycles. The van der Waals surface area contributed by atoms with Gasteiger partial charge in [-0.05, 0) is 39.7 Å². The predicted octanol–water partition coefficient (Wildman–Crippen LogP) is 1.04. The van der Waals surface area contributed by atoms with Crippen LogP contribution < -0.4 is 10.6 Å². The molecule has 4 nitrogen and oxygen atoms in total. The number of hydrogen-bond acceptors (Lipinski definition) is 3. The zero-order chi connectivity index (χ0) is 12.9. The second-order valence-electron chi connectivity index (χ2n) is 5.54. The normalized spacial score (nSPS) is 28.5. The maximum absolute atomic E-state index is 11.9. The van der Waals surface area contributed by atoms with Crippen LogP contribution in [0.2, 0.25) is 0 Å². The van der Waals surface area contributed by atoms with Gasteiger partial charge in [-0.15, -0.1) is 0 Å². The number of piperidine rings is 1. The first-order valence-electron chi connectivity index (χ1n) is 6.68. The maximum atomic E-state index is 11.9. The minimum atomic E-state index is -0.775. The van der Waals surface area contributed by atoms with E-state index in [1.807, 2.05) is 6.92 Å². The Morgan fingerprint density at radius 1 is 1.59 bits per heavy atom. The van der Waals surface area contributed by atoms with Crippen LogP contribution in [0.1, 0.15) is 46.5 Å². The van der Waals surface area contributed by atoms with Gasteiger partial charge < -0.3 is 15.7 Å². The third-order valence-corrected chi connectivity index (χ3v) is 3.43. The Kier molecular flexibility index (Phi) is 5.40. The van der Waals surface area contributed by atoms with E-state index in [4.69, 9.17) is 0 Å². The molecule has 1 rings (SSSR count). The predicted molar refractivity (Wildman–Crippen MR) is 68.7 cm³/mol. The average Bonchev–Trinajstić information content (AvgIpc) is 2.26. The zero-order valence-electron chi connectivity index (χ0n) is 11.3. The van der Waals surface area contributed by atoms with Crippen molar-refractivity contribution in [2.75, 3.05) is 13.1 Å². The zero-order valence-corrected chi connectivity index (χ0v) is 11.3. The Morgan fingerprint density at radius 3 is 2.88 bits per heavy atom. The molecule has 3 atom stereocenters. The van der Waals surface area contributed by atoms with Crippen LogP contribution in [0.5, 0.6) is 0 Å². The monoisotopic (exact) mass is 242 g/mol. The summed E-state index contributed by atoms with van der Waals surface area (Å²) in [5, 5.41) is 16.2. The molecule has 0 aromatic rings. The van der Waals surface area contributed by atoms with Crippen LogP contribution >= 0.6 is 0 Å². The molecule has 0 saturated carbocycles. The lowest BCUT2D eigenvalue weighted by Crippen LogP contribution is -2.46. The first kappa shape index (κ1) is 14.5. The number of hydrogen-bond donors (Lipinski definition) is 3. The van der Waals surface area contributed by atoms with Gasteiger partial charge in [0, 0.05) is 18.5 Å². The molecule has 0 bridgehead atoms. The molecule has 3 N–H and O–H groups in total. The highest BCUT2D eigenvalue weighted by molar-refractivity contribution is 5.78. The number of aliphatic hydroxyl groups is 1. The van der Waals surface area contributed by atoms with Crippen LogP contribution in [0.15, 0.2) is 0 Å². The lowest BCUT2D eigenvalue weighted by Gasteiger charge is -2.29. The van der Waals surface area contributed by atoms with Gasteiger partial charge in [0.05, 0.1) is 5.60 Å². The van der Waals surface area contributed by atoms with E-state index >= 15 is 0 Å². The van der Waals surface area contributed by atoms with Crippen LogP contribution in [0.3, 0.4) is 0 Å². The van der Waals surface area contributed by atoms with Gasteiger partial charge in [0.2, 0.25) is 5.91 Å². The number of rotatable bonds is 5. The molecule has 1 saturated heterocycles. The Morgan fingerprint density at radius 2 is 2.29 bits per heavy atom. The Balaban J connectivity index is 2.33. The van der Waals surface area contributed by atoms with Gasteiger partial charge in [0.1, 0.15) is 0 Å². The van der Waals surface area contributed by atoms with Gasteiger partial charge in [-0.2, -0.15) is 0 Å². The van der Waals surface area contributed by atoms with Crippen LogP contribution in [0, 0.1) is 5.92 Å². The fourth-order valence-electron chi connectivity index (χ4n) is 2.42. The van der Waals surface area contributed by atoms with Gasteiger partial charge >= 0.3 is 0 Å². The average molecular weight is 242 g/mol. The van der Waals surface area contributed by atoms with Gasteiger partial charge in [-0.25, -0.2) is 0 Å². The highest BCUT2D eigenvalue weighted by Crippen LogP contribution is 2.17. The van der Waals surface area contributed by atoms with E-state index in [2.05, 4.69) is 17.6 Å². The first-order valence-corrected chi connectivity index (χ1v) is 6.68. The summed E-state index contributed by atoms with van der Waals surface area (Å²) in [6.45, 7) is 7.18. The molecule has 100 valence electrons. The Labute approximate surface area is 104 Å². The SMILES string of the molecule is CCCC(C)(O)CNC(=O)C1CCNC(C)C1. The number of carbonyl (C=O) groups is 1. The fraction of sp³-hybridized carbons (Fsp3) is 0.923. The minimum Gasteiger partial charge on any atom is -0.388 e. The van der Waals surface area contributed by atoms with E-state index in [1.165, 1.54) is 0 Å². The van der Waals surface area contributed by atoms with Gasteiger partial charge in [0.15, 0.2) is 0 Å². The van der Waals surface area contributed by atoms with Crippen molar-refractivity contribution in [2.45, 2.75) is 58.1 Å². The van der Waals surface area contributed by atoms with Crippen molar-refractivity contribution < 1.29 is 9.90 Å². The molecule has 0 spiro atoms. The largest absolute Gasteiger partial charge is 0.388 e. The van der Waals surface area contributed by atoms with E-state index in [0.29, 0.717) is 12.6 Å². The van der Waals surface area contributed by atoms with E-state index in [1.54, 1.807) is 6.92 Å². The second-order valence-corrected chi connectivity index (χ2v) is 5.54. The third-order valence-electron chi connectivity index (χ3n) is 3.43. The first-order chi connectivity index (χ1) is 7.94. The van der Waals surface area contributed by atoms with Crippen LogP contribution in [-0.4, -0.2) is 35.7 Å². The van der Waals surface area contributed by atoms with E-state index in [9.17, 15) is 9.90 Å². The van der Waals surface area contributed by atoms with Crippen molar-refractivity contribution in [1.82, 2.24) is 10.6 Å². The maximum Gasteiger partial charge on any atom is 0.223 e. The third kappa shape index (κ3) is 5.04. The Bertz CT molecular complexity index is 254. The number of nitrogens with one attached hydrogen (secondary N) is 2. The van der Waals surface area contributed by atoms with Crippen molar-refractivity contribution in [2.24, 2.45) is 5.92 Å². The van der Waals surface area contributed by atoms with E-state index in [-0.39, 0.29) is 11.8 Å². The standard InChI is InChI=1S/C13H26N2O2/c1-4-6-13(3,17)9-15-12(16)11-5-7-14-10(2)8-11/h10-11,14,17H,4-9H2,1-3H3,(H,15,16). The van der Waals surface area contributed by atoms with Crippen molar-refractivity contribution in [3.8, 4) is 0 Å². The molecule has 1 aliphatic heterocycles.